The molecule has 1 aromatic heterocycles. The topological polar surface area (TPSA) is 85.1 Å². The van der Waals surface area contributed by atoms with Crippen LogP contribution in [-0.4, -0.2) is 42.3 Å². The summed E-state index contributed by atoms with van der Waals surface area (Å²) >= 11 is 0. The summed E-state index contributed by atoms with van der Waals surface area (Å²) in [6.45, 7) is 3.17. The largest absolute Gasteiger partial charge is 0.381 e. The smallest absolute Gasteiger partial charge is 0.131 e. The van der Waals surface area contributed by atoms with E-state index in [0.29, 0.717) is 12.6 Å². The minimum absolute atomic E-state index is 0.450. The van der Waals surface area contributed by atoms with E-state index in [9.17, 15) is 0 Å². The van der Waals surface area contributed by atoms with E-state index in [2.05, 4.69) is 20.6 Å². The Bertz CT molecular complexity index is 354. The van der Waals surface area contributed by atoms with E-state index < -0.39 is 0 Å². The van der Waals surface area contributed by atoms with Crippen molar-refractivity contribution in [2.24, 2.45) is 5.73 Å². The van der Waals surface area contributed by atoms with Gasteiger partial charge in [0, 0.05) is 31.9 Å². The van der Waals surface area contributed by atoms with Gasteiger partial charge in [-0.05, 0) is 25.8 Å². The predicted molar refractivity (Wildman–Crippen MR) is 71.7 cm³/mol. The molecule has 1 aliphatic rings. The molecule has 1 aromatic rings. The first-order valence-electron chi connectivity index (χ1n) is 6.49. The van der Waals surface area contributed by atoms with Crippen molar-refractivity contribution >= 4 is 11.6 Å². The van der Waals surface area contributed by atoms with Gasteiger partial charge in [0.1, 0.15) is 18.0 Å². The van der Waals surface area contributed by atoms with Crippen LogP contribution in [0.15, 0.2) is 12.4 Å². The number of ether oxygens (including phenoxy) is 1. The molecule has 6 nitrogen and oxygen atoms in total. The zero-order valence-electron chi connectivity index (χ0n) is 10.6. The lowest BCUT2D eigenvalue weighted by Crippen LogP contribution is -2.28. The first kappa shape index (κ1) is 13.0. The van der Waals surface area contributed by atoms with Gasteiger partial charge in [0.05, 0.1) is 0 Å². The molecule has 0 unspecified atom stereocenters. The standard InChI is InChI=1S/C12H21N5O/c13-4-1-5-14-11-8-12(16-9-15-11)17-10-2-6-18-7-3-10/h8-10H,1-7,13H2,(H2,14,15,16,17). The van der Waals surface area contributed by atoms with Crippen LogP contribution in [0.2, 0.25) is 0 Å². The van der Waals surface area contributed by atoms with Crippen LogP contribution < -0.4 is 16.4 Å². The van der Waals surface area contributed by atoms with Crippen molar-refractivity contribution in [3.63, 3.8) is 0 Å². The number of aromatic nitrogens is 2. The van der Waals surface area contributed by atoms with Crippen molar-refractivity contribution in [3.8, 4) is 0 Å². The van der Waals surface area contributed by atoms with Gasteiger partial charge in [0.25, 0.3) is 0 Å². The average Bonchev–Trinajstić information content (AvgIpc) is 2.41. The molecule has 4 N–H and O–H groups in total. The van der Waals surface area contributed by atoms with Crippen molar-refractivity contribution in [1.82, 2.24) is 9.97 Å². The molecule has 1 saturated heterocycles. The van der Waals surface area contributed by atoms with Gasteiger partial charge in [-0.2, -0.15) is 0 Å². The van der Waals surface area contributed by atoms with E-state index in [1.54, 1.807) is 6.33 Å². The normalized spacial score (nSPS) is 16.5. The lowest BCUT2D eigenvalue weighted by atomic mass is 10.1. The van der Waals surface area contributed by atoms with Gasteiger partial charge in [-0.1, -0.05) is 0 Å². The Labute approximate surface area is 107 Å². The number of nitrogens with two attached hydrogens (primary N) is 1. The molecule has 0 aliphatic carbocycles. The van der Waals surface area contributed by atoms with Crippen LogP contribution in [0.1, 0.15) is 19.3 Å². The van der Waals surface area contributed by atoms with Crippen LogP contribution in [0.5, 0.6) is 0 Å². The third kappa shape index (κ3) is 4.12. The molecule has 1 fully saturated rings. The number of nitrogens with one attached hydrogen (secondary N) is 2. The Kier molecular flexibility index (Phi) is 5.16. The van der Waals surface area contributed by atoms with Crippen LogP contribution in [0.4, 0.5) is 11.6 Å². The van der Waals surface area contributed by atoms with Gasteiger partial charge in [-0.3, -0.25) is 0 Å². The van der Waals surface area contributed by atoms with E-state index in [0.717, 1.165) is 50.7 Å². The van der Waals surface area contributed by atoms with Crippen LogP contribution >= 0.6 is 0 Å². The second kappa shape index (κ2) is 7.13. The fraction of sp³-hybridized carbons (Fsp3) is 0.667. The molecule has 100 valence electrons. The van der Waals surface area contributed by atoms with Gasteiger partial charge in [0.15, 0.2) is 0 Å². The third-order valence-electron chi connectivity index (χ3n) is 2.93. The minimum Gasteiger partial charge on any atom is -0.381 e. The van der Waals surface area contributed by atoms with E-state index in [1.165, 1.54) is 0 Å². The molecule has 0 spiro atoms. The van der Waals surface area contributed by atoms with Crippen molar-refractivity contribution in [1.29, 1.82) is 0 Å². The quantitative estimate of drug-likeness (QED) is 0.649. The highest BCUT2D eigenvalue weighted by atomic mass is 16.5. The first-order chi connectivity index (χ1) is 8.88. The van der Waals surface area contributed by atoms with E-state index in [-0.39, 0.29) is 0 Å². The number of nitrogens with zero attached hydrogens (tertiary/aromatic N) is 2. The Balaban J connectivity index is 1.85. The highest BCUT2D eigenvalue weighted by Gasteiger charge is 2.13. The van der Waals surface area contributed by atoms with Crippen LogP contribution in [0.25, 0.3) is 0 Å². The molecule has 6 heteroatoms. The minimum atomic E-state index is 0.450. The van der Waals surface area contributed by atoms with Gasteiger partial charge >= 0.3 is 0 Å². The summed E-state index contributed by atoms with van der Waals surface area (Å²) in [5, 5.41) is 6.64. The number of hydrogen-bond acceptors (Lipinski definition) is 6. The van der Waals surface area contributed by atoms with E-state index >= 15 is 0 Å². The maximum absolute atomic E-state index is 5.45. The van der Waals surface area contributed by atoms with Gasteiger partial charge in [-0.25, -0.2) is 9.97 Å². The molecule has 1 aliphatic heterocycles. The number of anilines is 2. The van der Waals surface area contributed by atoms with E-state index in [1.807, 2.05) is 6.07 Å². The summed E-state index contributed by atoms with van der Waals surface area (Å²) < 4.78 is 5.33. The molecule has 0 bridgehead atoms. The Morgan fingerprint density at radius 3 is 2.83 bits per heavy atom. The molecule has 2 rings (SSSR count). The summed E-state index contributed by atoms with van der Waals surface area (Å²) in [7, 11) is 0. The summed E-state index contributed by atoms with van der Waals surface area (Å²) in [5.41, 5.74) is 5.45. The highest BCUT2D eigenvalue weighted by Crippen LogP contribution is 2.14. The summed E-state index contributed by atoms with van der Waals surface area (Å²) in [4.78, 5) is 8.41. The fourth-order valence-corrected chi connectivity index (χ4v) is 1.90. The van der Waals surface area contributed by atoms with Gasteiger partial charge in [-0.15, -0.1) is 0 Å². The van der Waals surface area contributed by atoms with Crippen molar-refractivity contribution in [3.05, 3.63) is 12.4 Å². The second-order valence-electron chi connectivity index (χ2n) is 4.39. The molecule has 2 heterocycles. The first-order valence-corrected chi connectivity index (χ1v) is 6.49. The maximum Gasteiger partial charge on any atom is 0.131 e. The van der Waals surface area contributed by atoms with Crippen LogP contribution in [0, 0.1) is 0 Å². The molecule has 0 radical (unpaired) electrons. The molecule has 18 heavy (non-hydrogen) atoms. The molecule has 0 amide bonds. The third-order valence-corrected chi connectivity index (χ3v) is 2.93. The fourth-order valence-electron chi connectivity index (χ4n) is 1.90. The lowest BCUT2D eigenvalue weighted by Gasteiger charge is -2.23. The predicted octanol–water partition coefficient (Wildman–Crippen LogP) is 0.828. The average molecular weight is 251 g/mol. The van der Waals surface area contributed by atoms with Gasteiger partial charge in [0.2, 0.25) is 0 Å². The molecule has 0 aromatic carbocycles. The number of hydrogen-bond donors (Lipinski definition) is 3. The van der Waals surface area contributed by atoms with Gasteiger partial charge < -0.3 is 21.1 Å². The summed E-state index contributed by atoms with van der Waals surface area (Å²) in [6.07, 6.45) is 4.57. The van der Waals surface area contributed by atoms with Crippen molar-refractivity contribution in [2.75, 3.05) is 36.9 Å². The zero-order valence-corrected chi connectivity index (χ0v) is 10.6. The molecule has 0 saturated carbocycles. The SMILES string of the molecule is NCCCNc1cc(NC2CCOCC2)ncn1. The Hall–Kier alpha value is -1.40. The second-order valence-corrected chi connectivity index (χ2v) is 4.39. The zero-order chi connectivity index (χ0) is 12.6. The lowest BCUT2D eigenvalue weighted by molar-refractivity contribution is 0.0904. The van der Waals surface area contributed by atoms with E-state index in [4.69, 9.17) is 10.5 Å². The molecular weight excluding hydrogens is 230 g/mol. The summed E-state index contributed by atoms with van der Waals surface area (Å²) in [5.74, 6) is 1.71. The van der Waals surface area contributed by atoms with Crippen molar-refractivity contribution in [2.45, 2.75) is 25.3 Å². The van der Waals surface area contributed by atoms with Crippen LogP contribution in [0.3, 0.4) is 0 Å². The number of rotatable bonds is 6. The van der Waals surface area contributed by atoms with Crippen molar-refractivity contribution < 1.29 is 4.74 Å². The molecular formula is C12H21N5O. The molecule has 0 atom stereocenters. The van der Waals surface area contributed by atoms with Crippen LogP contribution in [-0.2, 0) is 4.74 Å². The highest BCUT2D eigenvalue weighted by molar-refractivity contribution is 5.46. The maximum atomic E-state index is 5.45. The monoisotopic (exact) mass is 251 g/mol. The summed E-state index contributed by atoms with van der Waals surface area (Å²) in [6, 6.07) is 2.39. The Morgan fingerprint density at radius 2 is 2.06 bits per heavy atom. The Morgan fingerprint density at radius 1 is 1.28 bits per heavy atom.